The van der Waals surface area contributed by atoms with Crippen LogP contribution in [0.1, 0.15) is 18.4 Å². The van der Waals surface area contributed by atoms with Crippen LogP contribution in [0.3, 0.4) is 0 Å². The van der Waals surface area contributed by atoms with Gasteiger partial charge in [0.05, 0.1) is 6.10 Å². The number of nitrogens with zero attached hydrogens (tertiary/aromatic N) is 2. The molecular formula is C25H21Cl3N2O3. The maximum absolute atomic E-state index is 14.1. The lowest BCUT2D eigenvalue weighted by molar-refractivity contribution is -0.0260. The highest BCUT2D eigenvalue weighted by molar-refractivity contribution is 6.31. The van der Waals surface area contributed by atoms with Crippen LogP contribution in [-0.2, 0) is 10.5 Å². The van der Waals surface area contributed by atoms with E-state index in [9.17, 15) is 9.90 Å². The zero-order valence-electron chi connectivity index (χ0n) is 17.5. The Balaban J connectivity index is 1.75. The summed E-state index contributed by atoms with van der Waals surface area (Å²) >= 11 is 18.5. The van der Waals surface area contributed by atoms with Crippen LogP contribution in [0.5, 0.6) is 0 Å². The van der Waals surface area contributed by atoms with Gasteiger partial charge in [0.15, 0.2) is 5.72 Å². The Kier molecular flexibility index (Phi) is 6.02. The number of rotatable bonds is 4. The summed E-state index contributed by atoms with van der Waals surface area (Å²) in [5, 5.41) is 14.1. The summed E-state index contributed by atoms with van der Waals surface area (Å²) < 4.78 is 6.05. The van der Waals surface area contributed by atoms with Crippen LogP contribution in [0.2, 0.25) is 15.1 Å². The van der Waals surface area contributed by atoms with Gasteiger partial charge in [-0.15, -0.1) is 0 Å². The molecule has 8 heteroatoms. The molecule has 2 amide bonds. The molecule has 0 aromatic heterocycles. The van der Waals surface area contributed by atoms with Gasteiger partial charge in [0.2, 0.25) is 0 Å². The van der Waals surface area contributed by atoms with E-state index in [1.807, 2.05) is 0 Å². The van der Waals surface area contributed by atoms with Crippen LogP contribution < -0.4 is 9.80 Å². The third kappa shape index (κ3) is 3.88. The molecule has 0 bridgehead atoms. The molecule has 3 aromatic carbocycles. The van der Waals surface area contributed by atoms with E-state index in [0.29, 0.717) is 45.0 Å². The third-order valence-electron chi connectivity index (χ3n) is 6.19. The lowest BCUT2D eigenvalue weighted by atomic mass is 9.88. The zero-order chi connectivity index (χ0) is 23.2. The van der Waals surface area contributed by atoms with Crippen LogP contribution >= 0.6 is 34.8 Å². The predicted octanol–water partition coefficient (Wildman–Crippen LogP) is 6.49. The number of aliphatic hydroxyl groups is 1. The number of amides is 2. The van der Waals surface area contributed by atoms with Crippen LogP contribution in [0.4, 0.5) is 16.2 Å². The highest BCUT2D eigenvalue weighted by atomic mass is 35.5. The quantitative estimate of drug-likeness (QED) is 0.443. The van der Waals surface area contributed by atoms with Crippen molar-refractivity contribution >= 4 is 52.2 Å². The van der Waals surface area contributed by atoms with Crippen LogP contribution in [0, 0.1) is 0 Å². The topological polar surface area (TPSA) is 53.0 Å². The van der Waals surface area contributed by atoms with Crippen LogP contribution in [0.25, 0.3) is 0 Å². The summed E-state index contributed by atoms with van der Waals surface area (Å²) in [5.41, 5.74) is -0.145. The zero-order valence-corrected chi connectivity index (χ0v) is 19.8. The number of hydrogen-bond donors (Lipinski definition) is 1. The number of anilines is 2. The smallest absolute Gasteiger partial charge is 0.332 e. The first-order chi connectivity index (χ1) is 15.9. The summed E-state index contributed by atoms with van der Waals surface area (Å²) in [7, 11) is 0. The van der Waals surface area contributed by atoms with E-state index in [1.165, 1.54) is 4.90 Å². The largest absolute Gasteiger partial charge is 0.376 e. The molecule has 2 fully saturated rings. The number of benzene rings is 3. The van der Waals surface area contributed by atoms with E-state index in [1.54, 1.807) is 77.7 Å². The average Bonchev–Trinajstić information content (AvgIpc) is 3.40. The monoisotopic (exact) mass is 502 g/mol. The molecule has 5 nitrogen and oxygen atoms in total. The summed E-state index contributed by atoms with van der Waals surface area (Å²) in [6.07, 6.45) is 1.17. The maximum atomic E-state index is 14.1. The van der Waals surface area contributed by atoms with Gasteiger partial charge >= 0.3 is 6.03 Å². The first-order valence-corrected chi connectivity index (χ1v) is 11.8. The molecule has 5 rings (SSSR count). The van der Waals surface area contributed by atoms with E-state index >= 15 is 0 Å². The molecule has 0 aliphatic carbocycles. The van der Waals surface area contributed by atoms with E-state index in [4.69, 9.17) is 39.5 Å². The molecule has 170 valence electrons. The second-order valence-corrected chi connectivity index (χ2v) is 9.48. The molecule has 33 heavy (non-hydrogen) atoms. The predicted molar refractivity (Wildman–Crippen MR) is 131 cm³/mol. The van der Waals surface area contributed by atoms with Gasteiger partial charge in [-0.1, -0.05) is 46.9 Å². The Bertz CT molecular complexity index is 1170. The molecule has 2 aliphatic heterocycles. The lowest BCUT2D eigenvalue weighted by Gasteiger charge is -2.39. The van der Waals surface area contributed by atoms with Gasteiger partial charge in [-0.3, -0.25) is 9.80 Å². The van der Waals surface area contributed by atoms with Crippen LogP contribution in [-0.4, -0.2) is 29.9 Å². The van der Waals surface area contributed by atoms with Crippen LogP contribution in [0.15, 0.2) is 72.8 Å². The van der Waals surface area contributed by atoms with Gasteiger partial charge in [0.25, 0.3) is 0 Å². The molecule has 0 radical (unpaired) electrons. The molecule has 3 aromatic rings. The van der Waals surface area contributed by atoms with Gasteiger partial charge in [0.1, 0.15) is 6.04 Å². The number of carbonyl (C=O) groups excluding carboxylic acids is 1. The van der Waals surface area contributed by atoms with Crippen molar-refractivity contribution in [3.05, 3.63) is 93.4 Å². The summed E-state index contributed by atoms with van der Waals surface area (Å²) in [6, 6.07) is 19.6. The molecular weight excluding hydrogens is 483 g/mol. The third-order valence-corrected chi connectivity index (χ3v) is 6.92. The number of urea groups is 1. The minimum absolute atomic E-state index is 0.383. The number of halogens is 3. The van der Waals surface area contributed by atoms with Crippen molar-refractivity contribution in [3.8, 4) is 0 Å². The van der Waals surface area contributed by atoms with E-state index in [2.05, 4.69) is 0 Å². The summed E-state index contributed by atoms with van der Waals surface area (Å²) in [5.74, 6) is 0. The van der Waals surface area contributed by atoms with Crippen molar-refractivity contribution in [1.82, 2.24) is 0 Å². The molecule has 0 saturated carbocycles. The van der Waals surface area contributed by atoms with Gasteiger partial charge in [-0.25, -0.2) is 4.79 Å². The van der Waals surface area contributed by atoms with Gasteiger partial charge < -0.3 is 9.84 Å². The maximum Gasteiger partial charge on any atom is 0.332 e. The standard InChI is InChI=1S/C25H21Cl3N2O3/c26-17-6-10-20(11-7-17)29-23(22-5-2-14-33-22)25(32,16-3-1-4-19(28)15-16)30(24(29)31)21-12-8-18(27)9-13-21/h1,3-4,6-13,15,22-23,32H,2,5,14H2/t22?,23-,25?/m0/s1. The molecule has 2 aliphatic rings. The van der Waals surface area contributed by atoms with Crippen molar-refractivity contribution in [1.29, 1.82) is 0 Å². The average molecular weight is 504 g/mol. The molecule has 1 N–H and O–H groups in total. The van der Waals surface area contributed by atoms with Gasteiger partial charge in [0, 0.05) is 38.6 Å². The number of ether oxygens (including phenoxy) is 1. The lowest BCUT2D eigenvalue weighted by Crippen LogP contribution is -2.54. The molecule has 3 atom stereocenters. The molecule has 2 unspecified atom stereocenters. The van der Waals surface area contributed by atoms with Crippen molar-refractivity contribution in [2.24, 2.45) is 0 Å². The second kappa shape index (κ2) is 8.82. The van der Waals surface area contributed by atoms with Crippen molar-refractivity contribution in [3.63, 3.8) is 0 Å². The number of hydrogen-bond acceptors (Lipinski definition) is 3. The summed E-state index contributed by atoms with van der Waals surface area (Å²) in [4.78, 5) is 17.1. The SMILES string of the molecule is O=C1N(c2ccc(Cl)cc2)[C@@H](C2CCCO2)C(O)(c2cccc(Cl)c2)N1c1ccc(Cl)cc1. The highest BCUT2D eigenvalue weighted by Gasteiger charge is 2.62. The Morgan fingerprint density at radius 1 is 0.879 bits per heavy atom. The first-order valence-electron chi connectivity index (χ1n) is 10.6. The first kappa shape index (κ1) is 22.5. The highest BCUT2D eigenvalue weighted by Crippen LogP contribution is 2.48. The van der Waals surface area contributed by atoms with Crippen molar-refractivity contribution in [2.75, 3.05) is 16.4 Å². The normalized spacial score (nSPS) is 25.2. The Hall–Kier alpha value is -2.28. The Labute approximate surface area is 207 Å². The van der Waals surface area contributed by atoms with Gasteiger partial charge in [-0.2, -0.15) is 0 Å². The molecule has 0 spiro atoms. The Morgan fingerprint density at radius 3 is 2.09 bits per heavy atom. The fourth-order valence-electron chi connectivity index (χ4n) is 4.75. The molecule has 2 heterocycles. The van der Waals surface area contributed by atoms with Crippen molar-refractivity contribution < 1.29 is 14.6 Å². The molecule has 2 saturated heterocycles. The number of carbonyl (C=O) groups is 1. The second-order valence-electron chi connectivity index (χ2n) is 8.17. The minimum Gasteiger partial charge on any atom is -0.376 e. The van der Waals surface area contributed by atoms with Gasteiger partial charge in [-0.05, 0) is 73.5 Å². The van der Waals surface area contributed by atoms with E-state index in [0.717, 1.165) is 6.42 Å². The summed E-state index contributed by atoms with van der Waals surface area (Å²) in [6.45, 7) is 0.566. The minimum atomic E-state index is -1.76. The van der Waals surface area contributed by atoms with Crippen molar-refractivity contribution in [2.45, 2.75) is 30.7 Å². The Morgan fingerprint density at radius 2 is 1.52 bits per heavy atom. The van der Waals surface area contributed by atoms with E-state index in [-0.39, 0.29) is 12.1 Å². The fraction of sp³-hybridized carbons (Fsp3) is 0.240. The fourth-order valence-corrected chi connectivity index (χ4v) is 5.19. The van der Waals surface area contributed by atoms with E-state index < -0.39 is 11.8 Å².